The number of carbonyl (C=O) groups excluding carboxylic acids is 1. The van der Waals surface area contributed by atoms with Crippen molar-refractivity contribution in [2.24, 2.45) is 5.92 Å². The van der Waals surface area contributed by atoms with Crippen molar-refractivity contribution in [2.45, 2.75) is 50.7 Å². The van der Waals surface area contributed by atoms with E-state index in [2.05, 4.69) is 12.2 Å². The van der Waals surface area contributed by atoms with Crippen LogP contribution in [0.3, 0.4) is 0 Å². The molecule has 0 aromatic carbocycles. The minimum atomic E-state index is -0.261. The van der Waals surface area contributed by atoms with Gasteiger partial charge in [0, 0.05) is 18.5 Å². The molecular weight excluding hydrogens is 216 g/mol. The first kappa shape index (κ1) is 11.3. The third-order valence-corrected chi connectivity index (χ3v) is 4.73. The summed E-state index contributed by atoms with van der Waals surface area (Å²) in [7, 11) is 0. The van der Waals surface area contributed by atoms with Crippen LogP contribution in [0.25, 0.3) is 0 Å². The highest BCUT2D eigenvalue weighted by atomic mass is 16.6. The first-order valence-electron chi connectivity index (χ1n) is 6.89. The highest BCUT2D eigenvalue weighted by molar-refractivity contribution is 5.71. The molecule has 0 radical (unpaired) electrons. The lowest BCUT2D eigenvalue weighted by Gasteiger charge is -2.29. The zero-order chi connectivity index (χ0) is 11.9. The number of nitrogens with one attached hydrogen (secondary N) is 1. The normalized spacial score (nSPS) is 39.0. The van der Waals surface area contributed by atoms with E-state index in [9.17, 15) is 4.79 Å². The van der Waals surface area contributed by atoms with E-state index in [1.165, 1.54) is 12.8 Å². The van der Waals surface area contributed by atoms with Gasteiger partial charge in [-0.3, -0.25) is 0 Å². The lowest BCUT2D eigenvalue weighted by Crippen LogP contribution is -2.42. The number of amides is 1. The molecule has 0 spiro atoms. The van der Waals surface area contributed by atoms with Crippen molar-refractivity contribution < 1.29 is 9.53 Å². The summed E-state index contributed by atoms with van der Waals surface area (Å²) < 4.78 is 5.70. The van der Waals surface area contributed by atoms with Crippen LogP contribution in [0.4, 0.5) is 4.79 Å². The summed E-state index contributed by atoms with van der Waals surface area (Å²) in [6.07, 6.45) is 5.89. The molecule has 0 aromatic rings. The molecule has 4 heteroatoms. The molecular formula is C13H22N2O2. The molecule has 17 heavy (non-hydrogen) atoms. The fourth-order valence-electron chi connectivity index (χ4n) is 3.58. The van der Waals surface area contributed by atoms with E-state index < -0.39 is 0 Å². The maximum atomic E-state index is 12.0. The van der Waals surface area contributed by atoms with E-state index in [0.29, 0.717) is 12.0 Å². The topological polar surface area (TPSA) is 41.6 Å². The summed E-state index contributed by atoms with van der Waals surface area (Å²) >= 11 is 0. The quantitative estimate of drug-likeness (QED) is 0.797. The van der Waals surface area contributed by atoms with Gasteiger partial charge in [0.25, 0.3) is 0 Å². The van der Waals surface area contributed by atoms with Crippen LogP contribution in [0.15, 0.2) is 0 Å². The second kappa shape index (κ2) is 4.16. The van der Waals surface area contributed by atoms with Gasteiger partial charge in [0.1, 0.15) is 5.60 Å². The van der Waals surface area contributed by atoms with Crippen LogP contribution in [0, 0.1) is 5.92 Å². The molecule has 0 bridgehead atoms. The minimum Gasteiger partial charge on any atom is -0.441 e. The SMILES string of the molecule is CC1(C2CCNC2)CN(C2CCCC2)C(=O)O1. The van der Waals surface area contributed by atoms with Gasteiger partial charge < -0.3 is 15.0 Å². The molecule has 1 aliphatic carbocycles. The van der Waals surface area contributed by atoms with Gasteiger partial charge in [0.2, 0.25) is 0 Å². The van der Waals surface area contributed by atoms with E-state index in [-0.39, 0.29) is 11.7 Å². The molecule has 1 amide bonds. The second-order valence-electron chi connectivity index (χ2n) is 5.94. The lowest BCUT2D eigenvalue weighted by molar-refractivity contribution is 0.0287. The Morgan fingerprint density at radius 3 is 2.76 bits per heavy atom. The van der Waals surface area contributed by atoms with Crippen molar-refractivity contribution in [1.82, 2.24) is 10.2 Å². The van der Waals surface area contributed by atoms with Crippen molar-refractivity contribution in [3.63, 3.8) is 0 Å². The molecule has 2 saturated heterocycles. The van der Waals surface area contributed by atoms with Crippen LogP contribution >= 0.6 is 0 Å². The zero-order valence-corrected chi connectivity index (χ0v) is 10.6. The molecule has 2 unspecified atom stereocenters. The second-order valence-corrected chi connectivity index (χ2v) is 5.94. The standard InChI is InChI=1S/C13H22N2O2/c1-13(10-6-7-14-8-10)9-15(12(16)17-13)11-4-2-3-5-11/h10-11,14H,2-9H2,1H3. The number of cyclic esters (lactones) is 1. The van der Waals surface area contributed by atoms with Gasteiger partial charge in [0.15, 0.2) is 0 Å². The van der Waals surface area contributed by atoms with Crippen molar-refractivity contribution >= 4 is 6.09 Å². The largest absolute Gasteiger partial charge is 0.441 e. The molecule has 3 rings (SSSR count). The molecule has 2 aliphatic heterocycles. The predicted molar refractivity (Wildman–Crippen MR) is 64.8 cm³/mol. The highest BCUT2D eigenvalue weighted by Crippen LogP contribution is 2.37. The fraction of sp³-hybridized carbons (Fsp3) is 0.923. The van der Waals surface area contributed by atoms with Gasteiger partial charge in [0.05, 0.1) is 6.54 Å². The van der Waals surface area contributed by atoms with Crippen molar-refractivity contribution in [1.29, 1.82) is 0 Å². The predicted octanol–water partition coefficient (Wildman–Crippen LogP) is 1.75. The summed E-state index contributed by atoms with van der Waals surface area (Å²) in [4.78, 5) is 14.0. The maximum absolute atomic E-state index is 12.0. The Balaban J connectivity index is 1.71. The average molecular weight is 238 g/mol. The smallest absolute Gasteiger partial charge is 0.410 e. The highest BCUT2D eigenvalue weighted by Gasteiger charge is 2.49. The zero-order valence-electron chi connectivity index (χ0n) is 10.6. The fourth-order valence-corrected chi connectivity index (χ4v) is 3.58. The molecule has 3 fully saturated rings. The summed E-state index contributed by atoms with van der Waals surface area (Å²) in [5, 5.41) is 3.36. The number of ether oxygens (including phenoxy) is 1. The summed E-state index contributed by atoms with van der Waals surface area (Å²) in [5.74, 6) is 0.484. The Morgan fingerprint density at radius 2 is 2.12 bits per heavy atom. The Kier molecular flexibility index (Phi) is 2.77. The molecule has 2 atom stereocenters. The van der Waals surface area contributed by atoms with E-state index in [4.69, 9.17) is 4.74 Å². The lowest BCUT2D eigenvalue weighted by atomic mass is 9.88. The van der Waals surface area contributed by atoms with Crippen LogP contribution in [-0.4, -0.2) is 42.3 Å². The van der Waals surface area contributed by atoms with Crippen LogP contribution in [-0.2, 0) is 4.74 Å². The molecule has 1 N–H and O–H groups in total. The summed E-state index contributed by atoms with van der Waals surface area (Å²) in [6, 6.07) is 0.443. The van der Waals surface area contributed by atoms with Gasteiger partial charge in [-0.2, -0.15) is 0 Å². The molecule has 3 aliphatic rings. The average Bonchev–Trinajstić information content (AvgIpc) is 2.98. The molecule has 96 valence electrons. The van der Waals surface area contributed by atoms with Crippen molar-refractivity contribution in [2.75, 3.05) is 19.6 Å². The third-order valence-electron chi connectivity index (χ3n) is 4.73. The molecule has 0 aromatic heterocycles. The van der Waals surface area contributed by atoms with E-state index in [1.54, 1.807) is 0 Å². The first-order valence-corrected chi connectivity index (χ1v) is 6.89. The van der Waals surface area contributed by atoms with Gasteiger partial charge in [-0.15, -0.1) is 0 Å². The monoisotopic (exact) mass is 238 g/mol. The Bertz CT molecular complexity index is 309. The number of nitrogens with zero attached hydrogens (tertiary/aromatic N) is 1. The van der Waals surface area contributed by atoms with Crippen LogP contribution in [0.1, 0.15) is 39.0 Å². The van der Waals surface area contributed by atoms with E-state index in [1.807, 2.05) is 4.90 Å². The molecule has 4 nitrogen and oxygen atoms in total. The van der Waals surface area contributed by atoms with Crippen LogP contribution in [0.5, 0.6) is 0 Å². The number of rotatable bonds is 2. The van der Waals surface area contributed by atoms with Gasteiger partial charge in [-0.25, -0.2) is 4.79 Å². The third kappa shape index (κ3) is 1.92. The van der Waals surface area contributed by atoms with Crippen LogP contribution in [0.2, 0.25) is 0 Å². The minimum absolute atomic E-state index is 0.0775. The van der Waals surface area contributed by atoms with Crippen LogP contribution < -0.4 is 5.32 Å². The van der Waals surface area contributed by atoms with Gasteiger partial charge >= 0.3 is 6.09 Å². The van der Waals surface area contributed by atoms with Crippen molar-refractivity contribution in [3.8, 4) is 0 Å². The first-order chi connectivity index (χ1) is 8.19. The summed E-state index contributed by atoms with van der Waals surface area (Å²) in [5.41, 5.74) is -0.261. The Hall–Kier alpha value is -0.770. The molecule has 1 saturated carbocycles. The van der Waals surface area contributed by atoms with Gasteiger partial charge in [-0.05, 0) is 32.7 Å². The Morgan fingerprint density at radius 1 is 1.35 bits per heavy atom. The number of hydrogen-bond donors (Lipinski definition) is 1. The summed E-state index contributed by atoms with van der Waals surface area (Å²) in [6.45, 7) is 4.95. The Labute approximate surface area is 103 Å². The van der Waals surface area contributed by atoms with E-state index >= 15 is 0 Å². The molecule has 2 heterocycles. The maximum Gasteiger partial charge on any atom is 0.410 e. The van der Waals surface area contributed by atoms with Crippen molar-refractivity contribution in [3.05, 3.63) is 0 Å². The number of hydrogen-bond acceptors (Lipinski definition) is 3. The van der Waals surface area contributed by atoms with E-state index in [0.717, 1.165) is 38.9 Å². The van der Waals surface area contributed by atoms with Gasteiger partial charge in [-0.1, -0.05) is 12.8 Å². The number of carbonyl (C=O) groups is 1.